The molecule has 3 heteroatoms. The minimum Gasteiger partial charge on any atom is -0.313 e. The fourth-order valence-corrected chi connectivity index (χ4v) is 1.15. The maximum absolute atomic E-state index is 4.13. The lowest BCUT2D eigenvalue weighted by Gasteiger charge is -2.15. The Morgan fingerprint density at radius 1 is 1.70 bits per heavy atom. The summed E-state index contributed by atoms with van der Waals surface area (Å²) in [7, 11) is 0. The van der Waals surface area contributed by atoms with Crippen molar-refractivity contribution in [1.29, 1.82) is 0 Å². The normalized spacial score (nSPS) is 22.7. The van der Waals surface area contributed by atoms with Crippen LogP contribution in [0.3, 0.4) is 0 Å². The number of hydrogen-bond donors (Lipinski definition) is 0. The molecule has 1 unspecified atom stereocenters. The summed E-state index contributed by atoms with van der Waals surface area (Å²) in [4.78, 5) is 8.20. The molecule has 0 spiro atoms. The van der Waals surface area contributed by atoms with Gasteiger partial charge >= 0.3 is 0 Å². The second-order valence-electron chi connectivity index (χ2n) is 2.53. The Morgan fingerprint density at radius 3 is 3.40 bits per heavy atom. The first kappa shape index (κ1) is 5.65. The van der Waals surface area contributed by atoms with Gasteiger partial charge in [-0.3, -0.25) is 0 Å². The average Bonchev–Trinajstić information content (AvgIpc) is 2.36. The summed E-state index contributed by atoms with van der Waals surface area (Å²) in [6.07, 6.45) is 6.70. The van der Waals surface area contributed by atoms with Gasteiger partial charge in [-0.05, 0) is 6.92 Å². The van der Waals surface area contributed by atoms with Gasteiger partial charge in [0.15, 0.2) is 0 Å². The molecule has 0 saturated carbocycles. The Bertz CT molecular complexity index is 262. The Morgan fingerprint density at radius 2 is 2.60 bits per heavy atom. The van der Waals surface area contributed by atoms with Gasteiger partial charge in [-0.1, -0.05) is 0 Å². The number of aliphatic imine (C=N–C) groups is 1. The molecular weight excluding hydrogens is 126 g/mol. The van der Waals surface area contributed by atoms with Crippen LogP contribution in [0, 0.1) is 0 Å². The van der Waals surface area contributed by atoms with E-state index < -0.39 is 0 Å². The summed E-state index contributed by atoms with van der Waals surface area (Å²) in [5.74, 6) is 0.832. The van der Waals surface area contributed by atoms with Crippen LogP contribution in [0.15, 0.2) is 17.4 Å². The lowest BCUT2D eigenvalue weighted by atomic mass is 10.2. The highest BCUT2D eigenvalue weighted by atomic mass is 15.2. The summed E-state index contributed by atoms with van der Waals surface area (Å²) in [5.41, 5.74) is 0. The van der Waals surface area contributed by atoms with E-state index in [1.807, 2.05) is 12.4 Å². The summed E-state index contributed by atoms with van der Waals surface area (Å²) in [5, 5.41) is 0. The molecule has 2 heterocycles. The van der Waals surface area contributed by atoms with Crippen LogP contribution in [0.4, 0.5) is 5.95 Å². The third kappa shape index (κ3) is 0.667. The van der Waals surface area contributed by atoms with E-state index in [1.54, 1.807) is 6.20 Å². The topological polar surface area (TPSA) is 30.2 Å². The largest absolute Gasteiger partial charge is 0.313 e. The molecule has 1 aliphatic heterocycles. The second kappa shape index (κ2) is 1.94. The van der Waals surface area contributed by atoms with Crippen molar-refractivity contribution in [3.05, 3.63) is 12.4 Å². The smallest absolute Gasteiger partial charge is 0.229 e. The van der Waals surface area contributed by atoms with Crippen LogP contribution in [0.2, 0.25) is 0 Å². The zero-order chi connectivity index (χ0) is 6.97. The first-order chi connectivity index (χ1) is 4.88. The molecule has 0 radical (unpaired) electrons. The first-order valence-electron chi connectivity index (χ1n) is 3.43. The van der Waals surface area contributed by atoms with Crippen molar-refractivity contribution in [3.63, 3.8) is 0 Å². The lowest BCUT2D eigenvalue weighted by molar-refractivity contribution is 0.564. The summed E-state index contributed by atoms with van der Waals surface area (Å²) >= 11 is 0. The Kier molecular flexibility index (Phi) is 1.09. The van der Waals surface area contributed by atoms with Crippen LogP contribution in [0.5, 0.6) is 0 Å². The van der Waals surface area contributed by atoms with Gasteiger partial charge in [0.05, 0.1) is 0 Å². The monoisotopic (exact) mass is 135 g/mol. The highest BCUT2D eigenvalue weighted by Gasteiger charge is 2.10. The molecule has 1 aromatic heterocycles. The van der Waals surface area contributed by atoms with E-state index in [0.29, 0.717) is 6.04 Å². The van der Waals surface area contributed by atoms with Crippen molar-refractivity contribution in [1.82, 2.24) is 9.55 Å². The number of rotatable bonds is 0. The zero-order valence-corrected chi connectivity index (χ0v) is 5.86. The third-order valence-corrected chi connectivity index (χ3v) is 1.78. The number of nitrogens with zero attached hydrogens (tertiary/aromatic N) is 3. The Labute approximate surface area is 59.4 Å². The molecule has 1 atom stereocenters. The maximum Gasteiger partial charge on any atom is 0.229 e. The molecule has 0 saturated heterocycles. The van der Waals surface area contributed by atoms with Gasteiger partial charge in [-0.2, -0.15) is 0 Å². The molecular formula is C7H9N3. The molecule has 10 heavy (non-hydrogen) atoms. The second-order valence-corrected chi connectivity index (χ2v) is 2.53. The number of fused-ring (bicyclic) bond motifs is 1. The molecule has 1 aromatic rings. The van der Waals surface area contributed by atoms with Gasteiger partial charge in [0.25, 0.3) is 0 Å². The van der Waals surface area contributed by atoms with Crippen LogP contribution in [0.25, 0.3) is 0 Å². The lowest BCUT2D eigenvalue weighted by Crippen LogP contribution is -2.07. The number of hydrogen-bond acceptors (Lipinski definition) is 2. The summed E-state index contributed by atoms with van der Waals surface area (Å²) in [6.45, 7) is 2.16. The fourth-order valence-electron chi connectivity index (χ4n) is 1.15. The SMILES string of the molecule is CC1CC=Nc2nccn21. The van der Waals surface area contributed by atoms with E-state index in [1.165, 1.54) is 0 Å². The fraction of sp³-hybridized carbons (Fsp3) is 0.429. The van der Waals surface area contributed by atoms with Gasteiger partial charge in [0, 0.05) is 31.1 Å². The van der Waals surface area contributed by atoms with Gasteiger partial charge in [-0.25, -0.2) is 9.98 Å². The Hall–Kier alpha value is -1.12. The first-order valence-corrected chi connectivity index (χ1v) is 3.43. The summed E-state index contributed by atoms with van der Waals surface area (Å²) in [6, 6.07) is 0.523. The molecule has 0 amide bonds. The predicted octanol–water partition coefficient (Wildman–Crippen LogP) is 1.55. The van der Waals surface area contributed by atoms with Gasteiger partial charge < -0.3 is 4.57 Å². The van der Waals surface area contributed by atoms with Crippen molar-refractivity contribution >= 4 is 12.2 Å². The maximum atomic E-state index is 4.13. The predicted molar refractivity (Wildman–Crippen MR) is 39.7 cm³/mol. The van der Waals surface area contributed by atoms with Crippen molar-refractivity contribution in [2.75, 3.05) is 0 Å². The van der Waals surface area contributed by atoms with E-state index in [4.69, 9.17) is 0 Å². The van der Waals surface area contributed by atoms with Gasteiger partial charge in [0.2, 0.25) is 5.95 Å². The average molecular weight is 135 g/mol. The molecule has 2 rings (SSSR count). The molecule has 52 valence electrons. The Balaban J connectivity index is 2.52. The van der Waals surface area contributed by atoms with Gasteiger partial charge in [-0.15, -0.1) is 0 Å². The van der Waals surface area contributed by atoms with Crippen molar-refractivity contribution < 1.29 is 0 Å². The molecule has 0 bridgehead atoms. The van der Waals surface area contributed by atoms with Crippen molar-refractivity contribution in [3.8, 4) is 0 Å². The minimum atomic E-state index is 0.523. The highest BCUT2D eigenvalue weighted by Crippen LogP contribution is 2.21. The number of imidazole rings is 1. The molecule has 0 aromatic carbocycles. The molecule has 0 fully saturated rings. The summed E-state index contributed by atoms with van der Waals surface area (Å²) < 4.78 is 2.08. The highest BCUT2D eigenvalue weighted by molar-refractivity contribution is 5.63. The van der Waals surface area contributed by atoms with E-state index in [-0.39, 0.29) is 0 Å². The van der Waals surface area contributed by atoms with Crippen LogP contribution in [-0.4, -0.2) is 15.8 Å². The van der Waals surface area contributed by atoms with Crippen LogP contribution < -0.4 is 0 Å². The van der Waals surface area contributed by atoms with Crippen LogP contribution in [-0.2, 0) is 0 Å². The molecule has 0 aliphatic carbocycles. The quantitative estimate of drug-likeness (QED) is 0.530. The molecule has 3 nitrogen and oxygen atoms in total. The van der Waals surface area contributed by atoms with E-state index in [2.05, 4.69) is 21.5 Å². The standard InChI is InChI=1S/C7H9N3/c1-6-2-3-8-7-9-4-5-10(6)7/h3-6H,2H2,1H3. The van der Waals surface area contributed by atoms with Crippen LogP contribution >= 0.6 is 0 Å². The van der Waals surface area contributed by atoms with E-state index in [9.17, 15) is 0 Å². The number of aromatic nitrogens is 2. The van der Waals surface area contributed by atoms with Crippen molar-refractivity contribution in [2.24, 2.45) is 4.99 Å². The molecule has 1 aliphatic rings. The molecule has 0 N–H and O–H groups in total. The third-order valence-electron chi connectivity index (χ3n) is 1.78. The van der Waals surface area contributed by atoms with Crippen LogP contribution in [0.1, 0.15) is 19.4 Å². The van der Waals surface area contributed by atoms with Crippen molar-refractivity contribution in [2.45, 2.75) is 19.4 Å². The van der Waals surface area contributed by atoms with E-state index in [0.717, 1.165) is 12.4 Å². The van der Waals surface area contributed by atoms with E-state index >= 15 is 0 Å². The zero-order valence-electron chi connectivity index (χ0n) is 5.86. The van der Waals surface area contributed by atoms with Gasteiger partial charge in [0.1, 0.15) is 0 Å². The minimum absolute atomic E-state index is 0.523.